The number of rotatable bonds is 5. The van der Waals surface area contributed by atoms with E-state index in [2.05, 4.69) is 10.6 Å². The normalized spacial score (nSPS) is 15.0. The lowest BCUT2D eigenvalue weighted by Crippen LogP contribution is -2.47. The monoisotopic (exact) mass is 455 g/mol. The first-order valence-corrected chi connectivity index (χ1v) is 10.8. The minimum Gasteiger partial charge on any atom is -0.469 e. The van der Waals surface area contributed by atoms with Crippen LogP contribution >= 0.6 is 0 Å². The Kier molecular flexibility index (Phi) is 6.73. The average Bonchev–Trinajstić information content (AvgIpc) is 2.95. The zero-order valence-electron chi connectivity index (χ0n) is 18.9. The van der Waals surface area contributed by atoms with Gasteiger partial charge in [0.25, 0.3) is 5.91 Å². The van der Waals surface area contributed by atoms with E-state index in [0.717, 1.165) is 22.4 Å². The van der Waals surface area contributed by atoms with Gasteiger partial charge in [0.05, 0.1) is 19.2 Å². The molecule has 0 bridgehead atoms. The number of nitrogens with one attached hydrogen (secondary N) is 2. The van der Waals surface area contributed by atoms with Crippen molar-refractivity contribution >= 4 is 34.9 Å². The Morgan fingerprint density at radius 3 is 2.47 bits per heavy atom. The van der Waals surface area contributed by atoms with Crippen LogP contribution in [-0.4, -0.2) is 38.1 Å². The molecule has 0 aliphatic carbocycles. The van der Waals surface area contributed by atoms with Gasteiger partial charge in [0.2, 0.25) is 0 Å². The summed E-state index contributed by atoms with van der Waals surface area (Å²) >= 11 is 0. The van der Waals surface area contributed by atoms with Crippen LogP contribution in [-0.2, 0) is 20.7 Å². The van der Waals surface area contributed by atoms with Crippen LogP contribution in [0.4, 0.5) is 16.2 Å². The van der Waals surface area contributed by atoms with Crippen molar-refractivity contribution in [2.75, 3.05) is 24.4 Å². The molecule has 7 nitrogen and oxygen atoms in total. The Hall–Kier alpha value is -4.39. The van der Waals surface area contributed by atoms with Gasteiger partial charge < -0.3 is 20.3 Å². The van der Waals surface area contributed by atoms with Gasteiger partial charge in [0.15, 0.2) is 0 Å². The van der Waals surface area contributed by atoms with Crippen molar-refractivity contribution in [3.63, 3.8) is 0 Å². The predicted octanol–water partition coefficient (Wildman–Crippen LogP) is 4.00. The quantitative estimate of drug-likeness (QED) is 0.570. The van der Waals surface area contributed by atoms with Crippen LogP contribution in [0.2, 0.25) is 0 Å². The molecule has 7 heteroatoms. The van der Waals surface area contributed by atoms with Gasteiger partial charge >= 0.3 is 12.0 Å². The summed E-state index contributed by atoms with van der Waals surface area (Å²) in [5.74, 6) is -0.625. The molecular formula is C27H25N3O4. The number of carbonyl (C=O) groups is 3. The van der Waals surface area contributed by atoms with Crippen LogP contribution in [0.3, 0.4) is 0 Å². The van der Waals surface area contributed by atoms with E-state index in [0.29, 0.717) is 11.3 Å². The highest BCUT2D eigenvalue weighted by Crippen LogP contribution is 2.34. The van der Waals surface area contributed by atoms with Crippen molar-refractivity contribution < 1.29 is 19.1 Å². The van der Waals surface area contributed by atoms with Gasteiger partial charge in [-0.1, -0.05) is 60.7 Å². The molecule has 3 amide bonds. The lowest BCUT2D eigenvalue weighted by Gasteiger charge is -2.22. The van der Waals surface area contributed by atoms with Crippen molar-refractivity contribution in [2.45, 2.75) is 12.5 Å². The summed E-state index contributed by atoms with van der Waals surface area (Å²) in [5, 5.41) is 5.53. The van der Waals surface area contributed by atoms with E-state index in [1.54, 1.807) is 42.3 Å². The van der Waals surface area contributed by atoms with Crippen molar-refractivity contribution in [3.05, 3.63) is 102 Å². The van der Waals surface area contributed by atoms with E-state index in [4.69, 9.17) is 4.74 Å². The number of amides is 3. The third kappa shape index (κ3) is 4.99. The van der Waals surface area contributed by atoms with Crippen LogP contribution in [0.1, 0.15) is 16.7 Å². The minimum atomic E-state index is -0.883. The number of nitrogens with zero attached hydrogens (tertiary/aromatic N) is 1. The van der Waals surface area contributed by atoms with Crippen molar-refractivity contribution in [1.29, 1.82) is 0 Å². The fraction of sp³-hybridized carbons (Fsp3) is 0.148. The van der Waals surface area contributed by atoms with Gasteiger partial charge in [-0.05, 0) is 41.0 Å². The Bertz CT molecular complexity index is 1250. The van der Waals surface area contributed by atoms with Crippen LogP contribution < -0.4 is 15.5 Å². The Morgan fingerprint density at radius 2 is 1.71 bits per heavy atom. The number of para-hydroxylation sites is 1. The van der Waals surface area contributed by atoms with E-state index in [9.17, 15) is 14.4 Å². The highest BCUT2D eigenvalue weighted by atomic mass is 16.5. The predicted molar refractivity (Wildman–Crippen MR) is 131 cm³/mol. The van der Waals surface area contributed by atoms with E-state index in [1.165, 1.54) is 7.11 Å². The van der Waals surface area contributed by atoms with Crippen molar-refractivity contribution in [1.82, 2.24) is 5.32 Å². The number of methoxy groups -OCH3 is 1. The second-order valence-electron chi connectivity index (χ2n) is 7.89. The van der Waals surface area contributed by atoms with Crippen LogP contribution in [0.15, 0.2) is 84.9 Å². The highest BCUT2D eigenvalue weighted by molar-refractivity contribution is 6.07. The maximum absolute atomic E-state index is 13.3. The van der Waals surface area contributed by atoms with Gasteiger partial charge in [0, 0.05) is 18.3 Å². The zero-order valence-corrected chi connectivity index (χ0v) is 18.9. The molecule has 3 aromatic carbocycles. The lowest BCUT2D eigenvalue weighted by atomic mass is 9.95. The lowest BCUT2D eigenvalue weighted by molar-refractivity contribution is -0.139. The average molecular weight is 456 g/mol. The molecule has 1 atom stereocenters. The molecule has 34 heavy (non-hydrogen) atoms. The smallest absolute Gasteiger partial charge is 0.320 e. The second kappa shape index (κ2) is 10.0. The third-order valence-corrected chi connectivity index (χ3v) is 5.62. The molecule has 0 spiro atoms. The van der Waals surface area contributed by atoms with E-state index in [1.807, 2.05) is 54.6 Å². The topological polar surface area (TPSA) is 87.7 Å². The summed E-state index contributed by atoms with van der Waals surface area (Å²) in [6.07, 6.45) is 1.88. The number of hydrogen-bond donors (Lipinski definition) is 2. The van der Waals surface area contributed by atoms with Crippen LogP contribution in [0, 0.1) is 0 Å². The maximum atomic E-state index is 13.3. The molecule has 3 aromatic rings. The number of esters is 1. The number of ether oxygens (including phenoxy) is 1. The fourth-order valence-corrected chi connectivity index (χ4v) is 3.93. The zero-order chi connectivity index (χ0) is 24.1. The molecule has 1 aliphatic rings. The van der Waals surface area contributed by atoms with Gasteiger partial charge in [-0.25, -0.2) is 4.79 Å². The largest absolute Gasteiger partial charge is 0.469 e. The van der Waals surface area contributed by atoms with Gasteiger partial charge in [-0.3, -0.25) is 9.59 Å². The molecule has 2 N–H and O–H groups in total. The summed E-state index contributed by atoms with van der Waals surface area (Å²) in [6.45, 7) is 0. The molecule has 1 unspecified atom stereocenters. The first-order chi connectivity index (χ1) is 16.5. The molecule has 0 saturated carbocycles. The number of carbonyl (C=O) groups excluding carboxylic acids is 3. The standard InChI is InChI=1S/C27H25N3O4/c1-30-24-14-7-6-13-21(24)22(19-10-4-3-5-11-19)17-23(26(30)32)29-27(33)28-20-12-8-9-18(15-20)16-25(31)34-2/h3-15,17,23H,16H2,1-2H3,(H2,28,29,33). The molecule has 0 radical (unpaired) electrons. The number of urea groups is 1. The number of hydrogen-bond acceptors (Lipinski definition) is 4. The number of benzene rings is 3. The van der Waals surface area contributed by atoms with Crippen LogP contribution in [0.25, 0.3) is 5.57 Å². The van der Waals surface area contributed by atoms with Gasteiger partial charge in [-0.15, -0.1) is 0 Å². The van der Waals surface area contributed by atoms with Crippen LogP contribution in [0.5, 0.6) is 0 Å². The SMILES string of the molecule is COC(=O)Cc1cccc(NC(=O)NC2C=C(c3ccccc3)c3ccccc3N(C)C2=O)c1. The maximum Gasteiger partial charge on any atom is 0.320 e. The Morgan fingerprint density at radius 1 is 0.971 bits per heavy atom. The van der Waals surface area contributed by atoms with Crippen molar-refractivity contribution in [3.8, 4) is 0 Å². The summed E-state index contributed by atoms with van der Waals surface area (Å²) < 4.78 is 4.70. The third-order valence-electron chi connectivity index (χ3n) is 5.62. The molecule has 1 heterocycles. The Labute approximate surface area is 198 Å². The molecular weight excluding hydrogens is 430 g/mol. The second-order valence-corrected chi connectivity index (χ2v) is 7.89. The summed E-state index contributed by atoms with van der Waals surface area (Å²) in [6, 6.07) is 22.9. The minimum absolute atomic E-state index is 0.0982. The number of likely N-dealkylation sites (N-methyl/N-ethyl adjacent to an activating group) is 1. The number of anilines is 2. The molecule has 0 aromatic heterocycles. The molecule has 1 aliphatic heterocycles. The van der Waals surface area contributed by atoms with Crippen molar-refractivity contribution in [2.24, 2.45) is 0 Å². The Balaban J connectivity index is 1.60. The summed E-state index contributed by atoms with van der Waals surface area (Å²) in [4.78, 5) is 39.2. The summed E-state index contributed by atoms with van der Waals surface area (Å²) in [5.41, 5.74) is 4.69. The molecule has 4 rings (SSSR count). The van der Waals surface area contributed by atoms with Gasteiger partial charge in [0.1, 0.15) is 6.04 Å². The van der Waals surface area contributed by atoms with E-state index < -0.39 is 12.1 Å². The van der Waals surface area contributed by atoms with Gasteiger partial charge in [-0.2, -0.15) is 0 Å². The first-order valence-electron chi connectivity index (χ1n) is 10.8. The molecule has 172 valence electrons. The molecule has 0 saturated heterocycles. The van der Waals surface area contributed by atoms with E-state index in [-0.39, 0.29) is 18.3 Å². The first kappa shape index (κ1) is 22.8. The highest BCUT2D eigenvalue weighted by Gasteiger charge is 2.29. The van der Waals surface area contributed by atoms with E-state index >= 15 is 0 Å². The molecule has 0 fully saturated rings. The fourth-order valence-electron chi connectivity index (χ4n) is 3.93. The number of fused-ring (bicyclic) bond motifs is 1. The summed E-state index contributed by atoms with van der Waals surface area (Å²) in [7, 11) is 3.03.